The molecule has 0 heterocycles. The summed E-state index contributed by atoms with van der Waals surface area (Å²) in [6.07, 6.45) is 1.01. The monoisotopic (exact) mass is 424 g/mol. The van der Waals surface area contributed by atoms with Crippen molar-refractivity contribution in [3.63, 3.8) is 0 Å². The van der Waals surface area contributed by atoms with E-state index in [2.05, 4.69) is 5.32 Å². The van der Waals surface area contributed by atoms with Gasteiger partial charge in [-0.15, -0.1) is 0 Å². The molecule has 0 fully saturated rings. The molecule has 0 aliphatic heterocycles. The lowest BCUT2D eigenvalue weighted by Crippen LogP contribution is -2.45. The first kappa shape index (κ1) is 21.7. The predicted molar refractivity (Wildman–Crippen MR) is 109 cm³/mol. The number of sulfonamides is 1. The second-order valence-corrected chi connectivity index (χ2v) is 8.30. The molecule has 1 amide bonds. The van der Waals surface area contributed by atoms with Gasteiger partial charge in [0.05, 0.1) is 24.1 Å². The fourth-order valence-electron chi connectivity index (χ4n) is 2.61. The Morgan fingerprint density at radius 2 is 1.86 bits per heavy atom. The maximum atomic E-state index is 12.7. The minimum atomic E-state index is -3.76. The van der Waals surface area contributed by atoms with Gasteiger partial charge in [-0.2, -0.15) is 0 Å². The van der Waals surface area contributed by atoms with Gasteiger partial charge in [0.25, 0.3) is 0 Å². The summed E-state index contributed by atoms with van der Waals surface area (Å²) in [5, 5.41) is 2.98. The average Bonchev–Trinajstić information content (AvgIpc) is 2.61. The zero-order valence-electron chi connectivity index (χ0n) is 15.7. The Labute approximate surface area is 169 Å². The molecule has 0 bridgehead atoms. The van der Waals surface area contributed by atoms with Crippen molar-refractivity contribution in [2.45, 2.75) is 19.9 Å². The number of nitrogens with zero attached hydrogens (tertiary/aromatic N) is 1. The standard InChI is InChI=1S/C19H21ClN2O5S/c1-4-27-19(24)14-7-5-9-16(11-14)21-18(23)13(2)22(28(3,25)26)17-10-6-8-15(20)12-17/h5-13H,4H2,1-3H3,(H,21,23)/t13-/m0/s1. The minimum Gasteiger partial charge on any atom is -0.462 e. The summed E-state index contributed by atoms with van der Waals surface area (Å²) in [4.78, 5) is 24.5. The van der Waals surface area contributed by atoms with E-state index in [1.54, 1.807) is 43.3 Å². The number of rotatable bonds is 7. The Hall–Kier alpha value is -2.58. The van der Waals surface area contributed by atoms with Gasteiger partial charge in [-0.1, -0.05) is 23.7 Å². The molecule has 2 aromatic carbocycles. The van der Waals surface area contributed by atoms with Crippen LogP contribution in [0.15, 0.2) is 48.5 Å². The van der Waals surface area contributed by atoms with Crippen molar-refractivity contribution < 1.29 is 22.7 Å². The molecule has 0 unspecified atom stereocenters. The number of ether oxygens (including phenoxy) is 1. The number of nitrogens with one attached hydrogen (secondary N) is 1. The summed E-state index contributed by atoms with van der Waals surface area (Å²) in [6.45, 7) is 3.39. The first-order valence-electron chi connectivity index (χ1n) is 8.46. The van der Waals surface area contributed by atoms with Gasteiger partial charge < -0.3 is 10.1 Å². The van der Waals surface area contributed by atoms with Crippen molar-refractivity contribution in [2.24, 2.45) is 0 Å². The van der Waals surface area contributed by atoms with Gasteiger partial charge >= 0.3 is 5.97 Å². The third-order valence-electron chi connectivity index (χ3n) is 3.79. The SMILES string of the molecule is CCOC(=O)c1cccc(NC(=O)[C@H](C)N(c2cccc(Cl)c2)S(C)(=O)=O)c1. The Morgan fingerprint density at radius 1 is 1.18 bits per heavy atom. The van der Waals surface area contributed by atoms with Crippen molar-refractivity contribution in [1.29, 1.82) is 0 Å². The number of amides is 1. The van der Waals surface area contributed by atoms with Crippen LogP contribution in [0.4, 0.5) is 11.4 Å². The van der Waals surface area contributed by atoms with Gasteiger partial charge in [-0.25, -0.2) is 13.2 Å². The highest BCUT2D eigenvalue weighted by atomic mass is 35.5. The van der Waals surface area contributed by atoms with E-state index >= 15 is 0 Å². The molecule has 9 heteroatoms. The normalized spacial score (nSPS) is 12.1. The lowest BCUT2D eigenvalue weighted by Gasteiger charge is -2.28. The fourth-order valence-corrected chi connectivity index (χ4v) is 3.96. The van der Waals surface area contributed by atoms with Crippen LogP contribution >= 0.6 is 11.6 Å². The summed E-state index contributed by atoms with van der Waals surface area (Å²) in [5.41, 5.74) is 0.905. The highest BCUT2D eigenvalue weighted by Crippen LogP contribution is 2.24. The number of carbonyl (C=O) groups excluding carboxylic acids is 2. The number of anilines is 2. The second kappa shape index (κ2) is 9.07. The molecule has 0 saturated heterocycles. The summed E-state index contributed by atoms with van der Waals surface area (Å²) >= 11 is 5.96. The highest BCUT2D eigenvalue weighted by Gasteiger charge is 2.29. The number of hydrogen-bond acceptors (Lipinski definition) is 5. The van der Waals surface area contributed by atoms with Crippen LogP contribution in [0.1, 0.15) is 24.2 Å². The number of halogens is 1. The molecule has 0 spiro atoms. The van der Waals surface area contributed by atoms with Gasteiger partial charge in [0.1, 0.15) is 6.04 Å². The lowest BCUT2D eigenvalue weighted by molar-refractivity contribution is -0.116. The van der Waals surface area contributed by atoms with E-state index < -0.39 is 27.9 Å². The maximum absolute atomic E-state index is 12.7. The van der Waals surface area contributed by atoms with Crippen LogP contribution in [-0.2, 0) is 19.6 Å². The summed E-state index contributed by atoms with van der Waals surface area (Å²) < 4.78 is 30.5. The van der Waals surface area contributed by atoms with Crippen LogP contribution in [0.3, 0.4) is 0 Å². The van der Waals surface area contributed by atoms with E-state index in [1.807, 2.05) is 0 Å². The molecule has 1 atom stereocenters. The molecule has 0 aromatic heterocycles. The predicted octanol–water partition coefficient (Wildman–Crippen LogP) is 3.31. The topological polar surface area (TPSA) is 92.8 Å². The van der Waals surface area contributed by atoms with E-state index in [1.165, 1.54) is 19.1 Å². The molecule has 0 radical (unpaired) electrons. The third kappa shape index (κ3) is 5.46. The average molecular weight is 425 g/mol. The van der Waals surface area contributed by atoms with Crippen LogP contribution in [-0.4, -0.2) is 39.2 Å². The highest BCUT2D eigenvalue weighted by molar-refractivity contribution is 7.92. The maximum Gasteiger partial charge on any atom is 0.338 e. The van der Waals surface area contributed by atoms with E-state index in [0.717, 1.165) is 10.6 Å². The Kier molecular flexibility index (Phi) is 7.04. The Bertz CT molecular complexity index is 978. The molecule has 2 aromatic rings. The van der Waals surface area contributed by atoms with Gasteiger partial charge in [-0.05, 0) is 50.2 Å². The molecule has 150 valence electrons. The molecular formula is C19H21ClN2O5S. The second-order valence-electron chi connectivity index (χ2n) is 6.01. The van der Waals surface area contributed by atoms with Gasteiger partial charge in [0.15, 0.2) is 0 Å². The summed E-state index contributed by atoms with van der Waals surface area (Å²) in [6, 6.07) is 11.4. The molecule has 28 heavy (non-hydrogen) atoms. The van der Waals surface area contributed by atoms with E-state index in [4.69, 9.17) is 16.3 Å². The molecule has 0 aliphatic rings. The van der Waals surface area contributed by atoms with Gasteiger partial charge in [-0.3, -0.25) is 9.10 Å². The van der Waals surface area contributed by atoms with E-state index in [-0.39, 0.29) is 17.9 Å². The Morgan fingerprint density at radius 3 is 2.46 bits per heavy atom. The van der Waals surface area contributed by atoms with Gasteiger partial charge in [0.2, 0.25) is 15.9 Å². The quantitative estimate of drug-likeness (QED) is 0.688. The van der Waals surface area contributed by atoms with Crippen molar-refractivity contribution in [3.05, 3.63) is 59.1 Å². The zero-order valence-corrected chi connectivity index (χ0v) is 17.3. The van der Waals surface area contributed by atoms with Crippen LogP contribution in [0, 0.1) is 0 Å². The van der Waals surface area contributed by atoms with Crippen molar-refractivity contribution in [1.82, 2.24) is 0 Å². The molecule has 1 N–H and O–H groups in total. The number of benzene rings is 2. The largest absolute Gasteiger partial charge is 0.462 e. The molecule has 0 saturated carbocycles. The molecule has 2 rings (SSSR count). The van der Waals surface area contributed by atoms with Crippen LogP contribution in [0.2, 0.25) is 5.02 Å². The van der Waals surface area contributed by atoms with Crippen LogP contribution < -0.4 is 9.62 Å². The van der Waals surface area contributed by atoms with Gasteiger partial charge in [0, 0.05) is 10.7 Å². The van der Waals surface area contributed by atoms with Crippen molar-refractivity contribution >= 4 is 44.9 Å². The summed E-state index contributed by atoms with van der Waals surface area (Å²) in [5.74, 6) is -1.07. The minimum absolute atomic E-state index is 0.232. The van der Waals surface area contributed by atoms with Crippen molar-refractivity contribution in [2.75, 3.05) is 22.5 Å². The first-order valence-corrected chi connectivity index (χ1v) is 10.7. The lowest BCUT2D eigenvalue weighted by atomic mass is 10.2. The smallest absolute Gasteiger partial charge is 0.338 e. The van der Waals surface area contributed by atoms with E-state index in [9.17, 15) is 18.0 Å². The zero-order chi connectivity index (χ0) is 20.9. The molecular weight excluding hydrogens is 404 g/mol. The number of esters is 1. The van der Waals surface area contributed by atoms with Crippen LogP contribution in [0.25, 0.3) is 0 Å². The van der Waals surface area contributed by atoms with E-state index in [0.29, 0.717) is 10.7 Å². The molecule has 7 nitrogen and oxygen atoms in total. The third-order valence-corrected chi connectivity index (χ3v) is 5.27. The summed E-state index contributed by atoms with van der Waals surface area (Å²) in [7, 11) is -3.76. The Balaban J connectivity index is 2.27. The number of hydrogen-bond donors (Lipinski definition) is 1. The van der Waals surface area contributed by atoms with Crippen LogP contribution in [0.5, 0.6) is 0 Å². The van der Waals surface area contributed by atoms with Crippen molar-refractivity contribution in [3.8, 4) is 0 Å². The fraction of sp³-hybridized carbons (Fsp3) is 0.263. The number of carbonyl (C=O) groups is 2. The first-order chi connectivity index (χ1) is 13.1. The molecule has 0 aliphatic carbocycles.